The second-order valence-electron chi connectivity index (χ2n) is 5.25. The number of amides is 2. The molecule has 1 aromatic carbocycles. The van der Waals surface area contributed by atoms with Crippen molar-refractivity contribution in [2.45, 2.75) is 0 Å². The van der Waals surface area contributed by atoms with Crippen molar-refractivity contribution in [1.82, 2.24) is 4.98 Å². The first-order valence-corrected chi connectivity index (χ1v) is 8.30. The van der Waals surface area contributed by atoms with E-state index in [1.807, 2.05) is 0 Å². The first-order valence-electron chi connectivity index (χ1n) is 7.51. The average Bonchev–Trinajstić information content (AvgIpc) is 3.14. The van der Waals surface area contributed by atoms with Crippen LogP contribution in [0.15, 0.2) is 63.6 Å². The Labute approximate surface area is 160 Å². The normalized spacial score (nSPS) is 10.3. The summed E-state index contributed by atoms with van der Waals surface area (Å²) in [7, 11) is 0. The van der Waals surface area contributed by atoms with Gasteiger partial charge in [0.1, 0.15) is 10.7 Å². The number of nitro groups is 1. The molecule has 3 aromatic rings. The van der Waals surface area contributed by atoms with Crippen molar-refractivity contribution < 1.29 is 18.9 Å². The lowest BCUT2D eigenvalue weighted by atomic mass is 10.2. The molecule has 10 heteroatoms. The number of halogens is 1. The van der Waals surface area contributed by atoms with Gasteiger partial charge in [-0.1, -0.05) is 6.07 Å². The zero-order valence-corrected chi connectivity index (χ0v) is 15.1. The van der Waals surface area contributed by atoms with Gasteiger partial charge >= 0.3 is 5.88 Å². The molecule has 2 amide bonds. The molecule has 2 aromatic heterocycles. The summed E-state index contributed by atoms with van der Waals surface area (Å²) in [6.07, 6.45) is 1.55. The number of carbonyl (C=O) groups excluding carboxylic acids is 2. The molecule has 0 saturated heterocycles. The van der Waals surface area contributed by atoms with Crippen molar-refractivity contribution >= 4 is 45.1 Å². The molecular weight excluding hydrogens is 420 g/mol. The number of carbonyl (C=O) groups is 2. The Hall–Kier alpha value is -3.53. The molecule has 2 N–H and O–H groups in total. The van der Waals surface area contributed by atoms with Crippen LogP contribution in [0.5, 0.6) is 0 Å². The maximum Gasteiger partial charge on any atom is 0.433 e. The van der Waals surface area contributed by atoms with E-state index in [4.69, 9.17) is 4.42 Å². The van der Waals surface area contributed by atoms with Crippen molar-refractivity contribution in [2.75, 3.05) is 10.6 Å². The van der Waals surface area contributed by atoms with Gasteiger partial charge in [0.05, 0.1) is 6.07 Å². The predicted octanol–water partition coefficient (Wildman–Crippen LogP) is 3.85. The molecule has 0 aliphatic carbocycles. The molecule has 136 valence electrons. The van der Waals surface area contributed by atoms with Gasteiger partial charge in [-0.05, 0) is 52.3 Å². The summed E-state index contributed by atoms with van der Waals surface area (Å²) >= 11 is 3.26. The van der Waals surface area contributed by atoms with Crippen molar-refractivity contribution in [3.05, 3.63) is 80.6 Å². The van der Waals surface area contributed by atoms with Gasteiger partial charge < -0.3 is 15.1 Å². The summed E-state index contributed by atoms with van der Waals surface area (Å²) in [4.78, 5) is 38.4. The van der Waals surface area contributed by atoms with Gasteiger partial charge in [-0.3, -0.25) is 19.7 Å². The van der Waals surface area contributed by atoms with Crippen LogP contribution in [0, 0.1) is 10.1 Å². The standard InChI is InChI=1S/C17H11BrN4O5/c18-11-4-6-14(19-9-11)21-16(23)10-2-1-3-12(8-10)20-17(24)13-5-7-15(27-13)22(25)26/h1-9H,(H,20,24)(H,19,21,23). The van der Waals surface area contributed by atoms with Crippen molar-refractivity contribution in [2.24, 2.45) is 0 Å². The Kier molecular flexibility index (Phi) is 5.27. The molecule has 0 fully saturated rings. The van der Waals surface area contributed by atoms with Crippen LogP contribution in [0.25, 0.3) is 0 Å². The van der Waals surface area contributed by atoms with E-state index < -0.39 is 22.6 Å². The minimum atomic E-state index is -0.738. The molecule has 0 radical (unpaired) electrons. The van der Waals surface area contributed by atoms with E-state index in [1.54, 1.807) is 36.5 Å². The number of nitrogens with one attached hydrogen (secondary N) is 2. The number of rotatable bonds is 5. The SMILES string of the molecule is O=C(Nc1ccc(Br)cn1)c1cccc(NC(=O)c2ccc([N+](=O)[O-])o2)c1. The zero-order chi connectivity index (χ0) is 19.4. The third kappa shape index (κ3) is 4.55. The topological polar surface area (TPSA) is 127 Å². The number of hydrogen-bond donors (Lipinski definition) is 2. The predicted molar refractivity (Wildman–Crippen MR) is 99.6 cm³/mol. The third-order valence-electron chi connectivity index (χ3n) is 3.35. The fourth-order valence-corrected chi connectivity index (χ4v) is 2.35. The summed E-state index contributed by atoms with van der Waals surface area (Å²) in [5.74, 6) is -1.45. The van der Waals surface area contributed by atoms with Crippen LogP contribution in [-0.4, -0.2) is 21.7 Å². The maximum absolute atomic E-state index is 12.3. The van der Waals surface area contributed by atoms with Crippen molar-refractivity contribution in [3.63, 3.8) is 0 Å². The van der Waals surface area contributed by atoms with E-state index in [2.05, 4.69) is 31.5 Å². The minimum absolute atomic E-state index is 0.212. The molecule has 0 bridgehead atoms. The number of pyridine rings is 1. The summed E-state index contributed by atoms with van der Waals surface area (Å²) in [5, 5.41) is 15.8. The highest BCUT2D eigenvalue weighted by Gasteiger charge is 2.17. The number of benzene rings is 1. The van der Waals surface area contributed by atoms with Crippen LogP contribution in [-0.2, 0) is 0 Å². The first kappa shape index (κ1) is 18.3. The van der Waals surface area contributed by atoms with Crippen LogP contribution < -0.4 is 10.6 Å². The lowest BCUT2D eigenvalue weighted by molar-refractivity contribution is -0.402. The van der Waals surface area contributed by atoms with Gasteiger partial charge in [-0.15, -0.1) is 0 Å². The van der Waals surface area contributed by atoms with Crippen LogP contribution in [0.3, 0.4) is 0 Å². The highest BCUT2D eigenvalue weighted by Crippen LogP contribution is 2.18. The molecule has 0 saturated carbocycles. The van der Waals surface area contributed by atoms with Crippen LogP contribution in [0.4, 0.5) is 17.4 Å². The van der Waals surface area contributed by atoms with E-state index in [0.717, 1.165) is 10.5 Å². The lowest BCUT2D eigenvalue weighted by Crippen LogP contribution is -2.14. The molecule has 27 heavy (non-hydrogen) atoms. The average molecular weight is 431 g/mol. The smallest absolute Gasteiger partial charge is 0.395 e. The second-order valence-corrected chi connectivity index (χ2v) is 6.16. The molecule has 3 rings (SSSR count). The van der Waals surface area contributed by atoms with E-state index >= 15 is 0 Å². The number of furan rings is 1. The van der Waals surface area contributed by atoms with Gasteiger partial charge in [0, 0.05) is 21.9 Å². The quantitative estimate of drug-likeness (QED) is 0.467. The van der Waals surface area contributed by atoms with Gasteiger partial charge in [-0.25, -0.2) is 4.98 Å². The lowest BCUT2D eigenvalue weighted by Gasteiger charge is -2.07. The van der Waals surface area contributed by atoms with E-state index in [1.165, 1.54) is 12.1 Å². The number of hydrogen-bond acceptors (Lipinski definition) is 6. The largest absolute Gasteiger partial charge is 0.433 e. The Morgan fingerprint density at radius 3 is 2.56 bits per heavy atom. The fourth-order valence-electron chi connectivity index (χ4n) is 2.12. The third-order valence-corrected chi connectivity index (χ3v) is 3.82. The molecule has 0 unspecified atom stereocenters. The highest BCUT2D eigenvalue weighted by molar-refractivity contribution is 9.10. The Balaban J connectivity index is 1.70. The molecular formula is C17H11BrN4O5. The van der Waals surface area contributed by atoms with E-state index in [0.29, 0.717) is 17.1 Å². The summed E-state index contributed by atoms with van der Waals surface area (Å²) in [6.45, 7) is 0. The van der Waals surface area contributed by atoms with Gasteiger partial charge in [0.15, 0.2) is 5.76 Å². The first-order chi connectivity index (χ1) is 12.9. The van der Waals surface area contributed by atoms with Gasteiger partial charge in [-0.2, -0.15) is 0 Å². The van der Waals surface area contributed by atoms with Gasteiger partial charge in [0.2, 0.25) is 0 Å². The van der Waals surface area contributed by atoms with Crippen LogP contribution >= 0.6 is 15.9 Å². The Morgan fingerprint density at radius 2 is 1.89 bits per heavy atom. The van der Waals surface area contributed by atoms with Crippen LogP contribution in [0.2, 0.25) is 0 Å². The molecule has 0 spiro atoms. The van der Waals surface area contributed by atoms with E-state index in [9.17, 15) is 19.7 Å². The minimum Gasteiger partial charge on any atom is -0.395 e. The van der Waals surface area contributed by atoms with E-state index in [-0.39, 0.29) is 5.76 Å². The second kappa shape index (κ2) is 7.79. The summed E-state index contributed by atoms with van der Waals surface area (Å²) in [6, 6.07) is 11.9. The molecule has 0 atom stereocenters. The summed E-state index contributed by atoms with van der Waals surface area (Å²) in [5.41, 5.74) is 0.624. The number of anilines is 2. The monoisotopic (exact) mass is 430 g/mol. The fraction of sp³-hybridized carbons (Fsp3) is 0. The van der Waals surface area contributed by atoms with Crippen molar-refractivity contribution in [1.29, 1.82) is 0 Å². The Morgan fingerprint density at radius 1 is 1.07 bits per heavy atom. The van der Waals surface area contributed by atoms with Gasteiger partial charge in [0.25, 0.3) is 11.8 Å². The summed E-state index contributed by atoms with van der Waals surface area (Å²) < 4.78 is 5.62. The molecule has 9 nitrogen and oxygen atoms in total. The van der Waals surface area contributed by atoms with Crippen LogP contribution in [0.1, 0.15) is 20.9 Å². The zero-order valence-electron chi connectivity index (χ0n) is 13.5. The number of aromatic nitrogens is 1. The maximum atomic E-state index is 12.3. The molecule has 0 aliphatic heterocycles. The van der Waals surface area contributed by atoms with Crippen molar-refractivity contribution in [3.8, 4) is 0 Å². The molecule has 0 aliphatic rings. The Bertz CT molecular complexity index is 1020. The number of nitrogens with zero attached hydrogens (tertiary/aromatic N) is 2. The molecule has 2 heterocycles. The highest BCUT2D eigenvalue weighted by atomic mass is 79.9.